The van der Waals surface area contributed by atoms with Crippen LogP contribution in [0.2, 0.25) is 0 Å². The highest BCUT2D eigenvalue weighted by Gasteiger charge is 2.55. The second-order valence-electron chi connectivity index (χ2n) is 4.98. The first-order chi connectivity index (χ1) is 5.00. The van der Waals surface area contributed by atoms with Gasteiger partial charge in [0.2, 0.25) is 0 Å². The number of hydrogen-bond acceptors (Lipinski definition) is 2. The third-order valence-electron chi connectivity index (χ3n) is 3.21. The van der Waals surface area contributed by atoms with Crippen molar-refractivity contribution in [3.63, 3.8) is 0 Å². The molecular formula is C9H18N2. The zero-order valence-electron chi connectivity index (χ0n) is 7.67. The SMILES string of the molecule is CC(C)(C)N1CC2C(N)C2C1. The molecule has 2 unspecified atom stereocenters. The number of piperidine rings is 1. The molecule has 1 aliphatic carbocycles. The molecule has 1 heterocycles. The van der Waals surface area contributed by atoms with Gasteiger partial charge in [-0.1, -0.05) is 0 Å². The molecule has 0 aromatic carbocycles. The van der Waals surface area contributed by atoms with Crippen LogP contribution in [0.15, 0.2) is 0 Å². The van der Waals surface area contributed by atoms with E-state index < -0.39 is 0 Å². The van der Waals surface area contributed by atoms with E-state index in [1.165, 1.54) is 13.1 Å². The summed E-state index contributed by atoms with van der Waals surface area (Å²) >= 11 is 0. The van der Waals surface area contributed by atoms with Crippen LogP contribution >= 0.6 is 0 Å². The molecule has 2 heteroatoms. The first kappa shape index (κ1) is 7.56. The number of nitrogens with zero attached hydrogens (tertiary/aromatic N) is 1. The van der Waals surface area contributed by atoms with Gasteiger partial charge in [0.05, 0.1) is 0 Å². The standard InChI is InChI=1S/C9H18N2/c1-9(2,3)11-4-6-7(5-11)8(6)10/h6-8H,4-5,10H2,1-3H3. The van der Waals surface area contributed by atoms with E-state index in [9.17, 15) is 0 Å². The summed E-state index contributed by atoms with van der Waals surface area (Å²) in [7, 11) is 0. The lowest BCUT2D eigenvalue weighted by Gasteiger charge is -2.33. The van der Waals surface area contributed by atoms with E-state index in [-0.39, 0.29) is 0 Å². The van der Waals surface area contributed by atoms with Gasteiger partial charge in [0.25, 0.3) is 0 Å². The number of rotatable bonds is 0. The van der Waals surface area contributed by atoms with E-state index in [0.717, 1.165) is 11.8 Å². The highest BCUT2D eigenvalue weighted by molar-refractivity contribution is 5.10. The van der Waals surface area contributed by atoms with Crippen LogP contribution in [0.5, 0.6) is 0 Å². The van der Waals surface area contributed by atoms with Gasteiger partial charge in [-0.2, -0.15) is 0 Å². The first-order valence-electron chi connectivity index (χ1n) is 4.51. The predicted octanol–water partition coefficient (Wildman–Crippen LogP) is 0.674. The molecule has 0 aromatic heterocycles. The smallest absolute Gasteiger partial charge is 0.0127 e. The summed E-state index contributed by atoms with van der Waals surface area (Å²) < 4.78 is 0. The zero-order chi connectivity index (χ0) is 8.22. The van der Waals surface area contributed by atoms with Crippen molar-refractivity contribution >= 4 is 0 Å². The molecule has 1 aliphatic heterocycles. The molecule has 2 nitrogen and oxygen atoms in total. The normalized spacial score (nSPS) is 44.2. The summed E-state index contributed by atoms with van der Waals surface area (Å²) in [4.78, 5) is 2.55. The van der Waals surface area contributed by atoms with Crippen molar-refractivity contribution < 1.29 is 0 Å². The summed E-state index contributed by atoms with van der Waals surface area (Å²) in [5.74, 6) is 1.66. The van der Waals surface area contributed by atoms with Crippen LogP contribution in [0.1, 0.15) is 20.8 Å². The second-order valence-corrected chi connectivity index (χ2v) is 4.98. The van der Waals surface area contributed by atoms with E-state index in [4.69, 9.17) is 5.73 Å². The maximum atomic E-state index is 5.85. The van der Waals surface area contributed by atoms with Crippen molar-refractivity contribution in [1.82, 2.24) is 4.90 Å². The van der Waals surface area contributed by atoms with E-state index in [1.807, 2.05) is 0 Å². The summed E-state index contributed by atoms with van der Waals surface area (Å²) in [6, 6.07) is 0.536. The van der Waals surface area contributed by atoms with Gasteiger partial charge < -0.3 is 5.73 Å². The lowest BCUT2D eigenvalue weighted by Crippen LogP contribution is -2.42. The molecule has 2 N–H and O–H groups in total. The fourth-order valence-corrected chi connectivity index (χ4v) is 2.12. The maximum Gasteiger partial charge on any atom is 0.0127 e. The molecule has 1 saturated heterocycles. The van der Waals surface area contributed by atoms with Crippen molar-refractivity contribution in [3.8, 4) is 0 Å². The van der Waals surface area contributed by atoms with Crippen LogP contribution in [-0.4, -0.2) is 29.6 Å². The Bertz CT molecular complexity index is 159. The van der Waals surface area contributed by atoms with Crippen molar-refractivity contribution in [2.24, 2.45) is 17.6 Å². The molecule has 0 radical (unpaired) electrons. The first-order valence-corrected chi connectivity index (χ1v) is 4.51. The van der Waals surface area contributed by atoms with Crippen LogP contribution in [0.4, 0.5) is 0 Å². The van der Waals surface area contributed by atoms with Gasteiger partial charge in [-0.05, 0) is 32.6 Å². The Balaban J connectivity index is 1.95. The van der Waals surface area contributed by atoms with Crippen LogP contribution in [0.25, 0.3) is 0 Å². The van der Waals surface area contributed by atoms with Crippen molar-refractivity contribution in [3.05, 3.63) is 0 Å². The number of fused-ring (bicyclic) bond motifs is 1. The molecule has 2 rings (SSSR count). The average molecular weight is 154 g/mol. The molecule has 1 saturated carbocycles. The number of hydrogen-bond donors (Lipinski definition) is 1. The Morgan fingerprint density at radius 1 is 1.18 bits per heavy atom. The monoisotopic (exact) mass is 154 g/mol. The maximum absolute atomic E-state index is 5.85. The minimum absolute atomic E-state index is 0.354. The highest BCUT2D eigenvalue weighted by Crippen LogP contribution is 2.45. The van der Waals surface area contributed by atoms with Crippen molar-refractivity contribution in [1.29, 1.82) is 0 Å². The molecule has 2 aliphatic rings. The van der Waals surface area contributed by atoms with Gasteiger partial charge in [-0.3, -0.25) is 4.90 Å². The molecule has 0 bridgehead atoms. The third kappa shape index (κ3) is 1.09. The van der Waals surface area contributed by atoms with Crippen LogP contribution in [0.3, 0.4) is 0 Å². The Morgan fingerprint density at radius 2 is 1.64 bits per heavy atom. The molecule has 2 atom stereocenters. The van der Waals surface area contributed by atoms with Gasteiger partial charge in [0, 0.05) is 24.7 Å². The molecule has 64 valence electrons. The van der Waals surface area contributed by atoms with Gasteiger partial charge >= 0.3 is 0 Å². The third-order valence-corrected chi connectivity index (χ3v) is 3.21. The van der Waals surface area contributed by atoms with E-state index in [2.05, 4.69) is 25.7 Å². The largest absolute Gasteiger partial charge is 0.327 e. The molecule has 2 fully saturated rings. The summed E-state index contributed by atoms with van der Waals surface area (Å²) in [6.07, 6.45) is 0. The van der Waals surface area contributed by atoms with Crippen LogP contribution in [0, 0.1) is 11.8 Å². The van der Waals surface area contributed by atoms with Crippen molar-refractivity contribution in [2.45, 2.75) is 32.4 Å². The lowest BCUT2D eigenvalue weighted by molar-refractivity contribution is 0.153. The topological polar surface area (TPSA) is 29.3 Å². The molecular weight excluding hydrogens is 136 g/mol. The zero-order valence-corrected chi connectivity index (χ0v) is 7.67. The quantitative estimate of drug-likeness (QED) is 0.556. The van der Waals surface area contributed by atoms with Gasteiger partial charge in [0.15, 0.2) is 0 Å². The second kappa shape index (κ2) is 1.99. The summed E-state index contributed by atoms with van der Waals surface area (Å²) in [5.41, 5.74) is 6.20. The average Bonchev–Trinajstić information content (AvgIpc) is 2.39. The van der Waals surface area contributed by atoms with Crippen LogP contribution < -0.4 is 5.73 Å². The van der Waals surface area contributed by atoms with Gasteiger partial charge in [-0.15, -0.1) is 0 Å². The molecule has 11 heavy (non-hydrogen) atoms. The van der Waals surface area contributed by atoms with Crippen LogP contribution in [-0.2, 0) is 0 Å². The summed E-state index contributed by atoms with van der Waals surface area (Å²) in [6.45, 7) is 9.31. The number of likely N-dealkylation sites (tertiary alicyclic amines) is 1. The Morgan fingerprint density at radius 3 is 2.00 bits per heavy atom. The fourth-order valence-electron chi connectivity index (χ4n) is 2.12. The van der Waals surface area contributed by atoms with Crippen molar-refractivity contribution in [2.75, 3.05) is 13.1 Å². The Kier molecular flexibility index (Phi) is 1.37. The van der Waals surface area contributed by atoms with E-state index in [0.29, 0.717) is 11.6 Å². The van der Waals surface area contributed by atoms with E-state index >= 15 is 0 Å². The van der Waals surface area contributed by atoms with Gasteiger partial charge in [-0.25, -0.2) is 0 Å². The van der Waals surface area contributed by atoms with Gasteiger partial charge in [0.1, 0.15) is 0 Å². The molecule has 0 amide bonds. The minimum atomic E-state index is 0.354. The predicted molar refractivity (Wildman–Crippen MR) is 46.3 cm³/mol. The van der Waals surface area contributed by atoms with E-state index in [1.54, 1.807) is 0 Å². The number of nitrogens with two attached hydrogens (primary N) is 1. The molecule has 0 spiro atoms. The summed E-state index contributed by atoms with van der Waals surface area (Å²) in [5, 5.41) is 0. The minimum Gasteiger partial charge on any atom is -0.327 e. The highest BCUT2D eigenvalue weighted by atomic mass is 15.2. The Hall–Kier alpha value is -0.0800. The Labute approximate surface area is 68.7 Å². The molecule has 0 aromatic rings. The fraction of sp³-hybridized carbons (Fsp3) is 1.00. The lowest BCUT2D eigenvalue weighted by atomic mass is 10.1.